The summed E-state index contributed by atoms with van der Waals surface area (Å²) in [6.45, 7) is 3.79. The number of halogens is 1. The van der Waals surface area contributed by atoms with Crippen LogP contribution in [0.25, 0.3) is 0 Å². The van der Waals surface area contributed by atoms with Gasteiger partial charge in [-0.1, -0.05) is 0 Å². The van der Waals surface area contributed by atoms with Gasteiger partial charge in [-0.2, -0.15) is 0 Å². The Morgan fingerprint density at radius 2 is 2.29 bits per heavy atom. The van der Waals surface area contributed by atoms with Crippen LogP contribution in [0.2, 0.25) is 0 Å². The zero-order chi connectivity index (χ0) is 12.5. The summed E-state index contributed by atoms with van der Waals surface area (Å²) in [5, 5.41) is 11.8. The van der Waals surface area contributed by atoms with Crippen molar-refractivity contribution < 1.29 is 14.2 Å². The third-order valence-corrected chi connectivity index (χ3v) is 2.38. The summed E-state index contributed by atoms with van der Waals surface area (Å²) < 4.78 is 18.0. The van der Waals surface area contributed by atoms with Crippen LogP contribution >= 0.6 is 0 Å². The topological polar surface area (TPSA) is 54.4 Å². The van der Waals surface area contributed by atoms with Crippen molar-refractivity contribution in [1.82, 2.24) is 10.3 Å². The average molecular weight is 242 g/mol. The highest BCUT2D eigenvalue weighted by Gasteiger charge is 2.05. The number of hydrogen-bond acceptors (Lipinski definition) is 4. The molecule has 1 heterocycles. The Labute approximate surface area is 101 Å². The minimum Gasteiger partial charge on any atom is -0.394 e. The largest absolute Gasteiger partial charge is 0.394 e. The molecule has 5 heteroatoms. The maximum Gasteiger partial charge on any atom is 0.141 e. The lowest BCUT2D eigenvalue weighted by Crippen LogP contribution is -2.21. The van der Waals surface area contributed by atoms with E-state index >= 15 is 0 Å². The van der Waals surface area contributed by atoms with Gasteiger partial charge in [0.05, 0.1) is 19.4 Å². The van der Waals surface area contributed by atoms with Crippen LogP contribution in [0.3, 0.4) is 0 Å². The fourth-order valence-corrected chi connectivity index (χ4v) is 1.44. The lowest BCUT2D eigenvalue weighted by atomic mass is 10.1. The molecule has 0 aliphatic heterocycles. The summed E-state index contributed by atoms with van der Waals surface area (Å²) in [5.74, 6) is -0.317. The van der Waals surface area contributed by atoms with Gasteiger partial charge in [-0.3, -0.25) is 4.98 Å². The van der Waals surface area contributed by atoms with Crippen molar-refractivity contribution in [3.63, 3.8) is 0 Å². The van der Waals surface area contributed by atoms with Gasteiger partial charge in [0.2, 0.25) is 0 Å². The van der Waals surface area contributed by atoms with E-state index in [1.54, 1.807) is 6.20 Å². The predicted octanol–water partition coefficient (Wildman–Crippen LogP) is 1.27. The molecule has 96 valence electrons. The molecular weight excluding hydrogens is 223 g/mol. The minimum absolute atomic E-state index is 0.0544. The lowest BCUT2D eigenvalue weighted by molar-refractivity contribution is 0.0904. The van der Waals surface area contributed by atoms with Crippen LogP contribution in [-0.2, 0) is 4.74 Å². The van der Waals surface area contributed by atoms with Gasteiger partial charge in [0.15, 0.2) is 0 Å². The first-order chi connectivity index (χ1) is 8.24. The van der Waals surface area contributed by atoms with Crippen LogP contribution < -0.4 is 5.32 Å². The first-order valence-electron chi connectivity index (χ1n) is 5.76. The van der Waals surface area contributed by atoms with Crippen molar-refractivity contribution in [3.8, 4) is 0 Å². The van der Waals surface area contributed by atoms with Crippen LogP contribution in [0.1, 0.15) is 24.9 Å². The maximum absolute atomic E-state index is 12.9. The van der Waals surface area contributed by atoms with Crippen molar-refractivity contribution in [2.75, 3.05) is 26.4 Å². The molecule has 4 nitrogen and oxygen atoms in total. The Morgan fingerprint density at radius 1 is 1.47 bits per heavy atom. The monoisotopic (exact) mass is 242 g/mol. The van der Waals surface area contributed by atoms with Gasteiger partial charge in [-0.15, -0.1) is 0 Å². The van der Waals surface area contributed by atoms with Gasteiger partial charge in [0.25, 0.3) is 0 Å². The predicted molar refractivity (Wildman–Crippen MR) is 63.1 cm³/mol. The number of aromatic nitrogens is 1. The van der Waals surface area contributed by atoms with Gasteiger partial charge >= 0.3 is 0 Å². The normalized spacial score (nSPS) is 12.6. The summed E-state index contributed by atoms with van der Waals surface area (Å²) >= 11 is 0. The standard InChI is InChI=1S/C12H19FN2O2/c1-10(11-7-12(13)9-14-8-11)15-3-2-5-17-6-4-16/h7-10,15-16H,2-6H2,1H3. The molecule has 2 N–H and O–H groups in total. The van der Waals surface area contributed by atoms with E-state index in [1.807, 2.05) is 6.92 Å². The van der Waals surface area contributed by atoms with Gasteiger partial charge in [0.1, 0.15) is 5.82 Å². The highest BCUT2D eigenvalue weighted by atomic mass is 19.1. The molecule has 1 rings (SSSR count). The number of aliphatic hydroxyl groups is 1. The summed E-state index contributed by atoms with van der Waals surface area (Å²) in [6.07, 6.45) is 3.70. The zero-order valence-electron chi connectivity index (χ0n) is 10.0. The Bertz CT molecular complexity index is 323. The van der Waals surface area contributed by atoms with Crippen LogP contribution in [0.4, 0.5) is 4.39 Å². The van der Waals surface area contributed by atoms with Crippen LogP contribution in [0.15, 0.2) is 18.5 Å². The van der Waals surface area contributed by atoms with E-state index in [1.165, 1.54) is 12.3 Å². The number of nitrogens with one attached hydrogen (secondary N) is 1. The molecule has 0 bridgehead atoms. The van der Waals surface area contributed by atoms with Crippen molar-refractivity contribution in [2.24, 2.45) is 0 Å². The summed E-state index contributed by atoms with van der Waals surface area (Å²) in [6, 6.07) is 1.54. The molecular formula is C12H19FN2O2. The molecule has 0 spiro atoms. The van der Waals surface area contributed by atoms with Gasteiger partial charge in [-0.25, -0.2) is 4.39 Å². The van der Waals surface area contributed by atoms with E-state index in [-0.39, 0.29) is 18.5 Å². The van der Waals surface area contributed by atoms with Gasteiger partial charge in [-0.05, 0) is 31.5 Å². The SMILES string of the molecule is CC(NCCCOCCO)c1cncc(F)c1. The first-order valence-corrected chi connectivity index (χ1v) is 5.76. The van der Waals surface area contributed by atoms with E-state index in [2.05, 4.69) is 10.3 Å². The van der Waals surface area contributed by atoms with E-state index in [4.69, 9.17) is 9.84 Å². The van der Waals surface area contributed by atoms with E-state index in [9.17, 15) is 4.39 Å². The zero-order valence-corrected chi connectivity index (χ0v) is 10.0. The number of aliphatic hydroxyl groups excluding tert-OH is 1. The van der Waals surface area contributed by atoms with Crippen molar-refractivity contribution in [3.05, 3.63) is 29.8 Å². The van der Waals surface area contributed by atoms with E-state index < -0.39 is 0 Å². The molecule has 0 saturated heterocycles. The fourth-order valence-electron chi connectivity index (χ4n) is 1.44. The third kappa shape index (κ3) is 5.72. The van der Waals surface area contributed by atoms with Gasteiger partial charge in [0, 0.05) is 18.8 Å². The highest BCUT2D eigenvalue weighted by Crippen LogP contribution is 2.11. The molecule has 0 fully saturated rings. The number of rotatable bonds is 8. The van der Waals surface area contributed by atoms with Crippen LogP contribution in [0.5, 0.6) is 0 Å². The molecule has 1 unspecified atom stereocenters. The minimum atomic E-state index is -0.317. The van der Waals surface area contributed by atoms with Gasteiger partial charge < -0.3 is 15.2 Å². The fraction of sp³-hybridized carbons (Fsp3) is 0.583. The second-order valence-corrected chi connectivity index (χ2v) is 3.80. The Hall–Kier alpha value is -1.04. The quantitative estimate of drug-likeness (QED) is 0.674. The molecule has 0 amide bonds. The molecule has 1 atom stereocenters. The molecule has 1 aromatic rings. The summed E-state index contributed by atoms with van der Waals surface area (Å²) in [5.41, 5.74) is 0.835. The molecule has 0 saturated carbocycles. The summed E-state index contributed by atoms with van der Waals surface area (Å²) in [4.78, 5) is 3.81. The second-order valence-electron chi connectivity index (χ2n) is 3.80. The summed E-state index contributed by atoms with van der Waals surface area (Å²) in [7, 11) is 0. The number of hydrogen-bond donors (Lipinski definition) is 2. The maximum atomic E-state index is 12.9. The third-order valence-electron chi connectivity index (χ3n) is 2.38. The second kappa shape index (κ2) is 8.11. The lowest BCUT2D eigenvalue weighted by Gasteiger charge is -2.13. The Morgan fingerprint density at radius 3 is 3.00 bits per heavy atom. The molecule has 0 aromatic carbocycles. The van der Waals surface area contributed by atoms with Crippen molar-refractivity contribution in [1.29, 1.82) is 0 Å². The Kier molecular flexibility index (Phi) is 6.69. The number of nitrogens with zero attached hydrogens (tertiary/aromatic N) is 1. The number of ether oxygens (including phenoxy) is 1. The Balaban J connectivity index is 2.19. The van der Waals surface area contributed by atoms with E-state index in [0.29, 0.717) is 13.2 Å². The van der Waals surface area contributed by atoms with E-state index in [0.717, 1.165) is 18.5 Å². The highest BCUT2D eigenvalue weighted by molar-refractivity contribution is 5.14. The van der Waals surface area contributed by atoms with Crippen molar-refractivity contribution in [2.45, 2.75) is 19.4 Å². The molecule has 0 aliphatic carbocycles. The number of pyridine rings is 1. The average Bonchev–Trinajstić information content (AvgIpc) is 2.33. The molecule has 1 aromatic heterocycles. The smallest absolute Gasteiger partial charge is 0.141 e. The molecule has 17 heavy (non-hydrogen) atoms. The molecule has 0 aliphatic rings. The van der Waals surface area contributed by atoms with Crippen LogP contribution in [0, 0.1) is 5.82 Å². The van der Waals surface area contributed by atoms with Crippen LogP contribution in [-0.4, -0.2) is 36.5 Å². The first kappa shape index (κ1) is 14.0. The van der Waals surface area contributed by atoms with Crippen molar-refractivity contribution >= 4 is 0 Å². The molecule has 0 radical (unpaired) electrons.